The lowest BCUT2D eigenvalue weighted by Gasteiger charge is -2.18. The fraction of sp³-hybridized carbons (Fsp3) is 0.263. The summed E-state index contributed by atoms with van der Waals surface area (Å²) in [6.07, 6.45) is 2.10. The number of para-hydroxylation sites is 1. The first-order chi connectivity index (χ1) is 13.2. The monoisotopic (exact) mass is 382 g/mol. The molecule has 7 nitrogen and oxygen atoms in total. The number of likely N-dealkylation sites (tertiary alicyclic amines) is 1. The highest BCUT2D eigenvalue weighted by atomic mass is 35.5. The van der Waals surface area contributed by atoms with Gasteiger partial charge < -0.3 is 10.2 Å². The Morgan fingerprint density at radius 1 is 1.11 bits per heavy atom. The van der Waals surface area contributed by atoms with E-state index < -0.39 is 0 Å². The zero-order chi connectivity index (χ0) is 18.6. The summed E-state index contributed by atoms with van der Waals surface area (Å²) < 4.78 is 1.67. The summed E-state index contributed by atoms with van der Waals surface area (Å²) in [6.45, 7) is 1.96. The summed E-state index contributed by atoms with van der Waals surface area (Å²) in [5, 5.41) is 15.8. The van der Waals surface area contributed by atoms with Gasteiger partial charge in [0.25, 0.3) is 5.91 Å². The number of halogens is 1. The van der Waals surface area contributed by atoms with Crippen molar-refractivity contribution in [2.75, 3.05) is 18.4 Å². The third-order valence-electron chi connectivity index (χ3n) is 4.58. The van der Waals surface area contributed by atoms with Crippen LogP contribution < -0.4 is 5.32 Å². The molecule has 1 amide bonds. The maximum Gasteiger partial charge on any atom is 0.255 e. The van der Waals surface area contributed by atoms with Gasteiger partial charge in [0.15, 0.2) is 5.82 Å². The van der Waals surface area contributed by atoms with Crippen LogP contribution in [-0.4, -0.2) is 44.1 Å². The highest BCUT2D eigenvalue weighted by Gasteiger charge is 2.22. The van der Waals surface area contributed by atoms with Crippen LogP contribution in [0, 0.1) is 0 Å². The Morgan fingerprint density at radius 2 is 1.89 bits per heavy atom. The first kappa shape index (κ1) is 17.5. The second-order valence-electron chi connectivity index (χ2n) is 6.39. The molecule has 0 spiro atoms. The van der Waals surface area contributed by atoms with Crippen LogP contribution in [0.1, 0.15) is 29.0 Å². The van der Waals surface area contributed by atoms with Crippen LogP contribution in [0.5, 0.6) is 0 Å². The number of rotatable bonds is 5. The molecule has 4 rings (SSSR count). The average Bonchev–Trinajstić information content (AvgIpc) is 3.38. The van der Waals surface area contributed by atoms with Gasteiger partial charge in [0.2, 0.25) is 0 Å². The Kier molecular flexibility index (Phi) is 5.02. The lowest BCUT2D eigenvalue weighted by atomic mass is 10.1. The molecule has 1 aliphatic heterocycles. The minimum Gasteiger partial charge on any atom is -0.377 e. The number of hydrogen-bond acceptors (Lipinski definition) is 5. The second kappa shape index (κ2) is 7.75. The summed E-state index contributed by atoms with van der Waals surface area (Å²) >= 11 is 6.16. The number of hydrogen-bond donors (Lipinski definition) is 1. The third kappa shape index (κ3) is 3.78. The fourth-order valence-electron chi connectivity index (χ4n) is 3.20. The van der Waals surface area contributed by atoms with E-state index in [9.17, 15) is 4.79 Å². The zero-order valence-electron chi connectivity index (χ0n) is 14.7. The molecule has 1 aliphatic rings. The molecule has 0 aliphatic carbocycles. The highest BCUT2D eigenvalue weighted by Crippen LogP contribution is 2.24. The third-order valence-corrected chi connectivity index (χ3v) is 4.81. The smallest absolute Gasteiger partial charge is 0.255 e. The van der Waals surface area contributed by atoms with Crippen molar-refractivity contribution in [1.29, 1.82) is 0 Å². The van der Waals surface area contributed by atoms with E-state index in [1.165, 1.54) is 0 Å². The van der Waals surface area contributed by atoms with Gasteiger partial charge in [-0.2, -0.15) is 4.68 Å². The van der Waals surface area contributed by atoms with E-state index in [4.69, 9.17) is 11.6 Å². The molecular weight excluding hydrogens is 364 g/mol. The Bertz CT molecular complexity index is 936. The molecule has 1 fully saturated rings. The molecular formula is C19H19ClN6O. The Balaban J connectivity index is 1.56. The summed E-state index contributed by atoms with van der Waals surface area (Å²) in [6, 6.07) is 14.9. The molecule has 0 bridgehead atoms. The largest absolute Gasteiger partial charge is 0.377 e. The average molecular weight is 383 g/mol. The van der Waals surface area contributed by atoms with Gasteiger partial charge in [-0.1, -0.05) is 29.8 Å². The molecule has 2 aromatic carbocycles. The van der Waals surface area contributed by atoms with Crippen molar-refractivity contribution in [3.05, 3.63) is 64.9 Å². The van der Waals surface area contributed by atoms with Gasteiger partial charge in [-0.3, -0.25) is 4.79 Å². The van der Waals surface area contributed by atoms with Crippen LogP contribution in [0.2, 0.25) is 5.02 Å². The van der Waals surface area contributed by atoms with Gasteiger partial charge in [-0.05, 0) is 53.6 Å². The lowest BCUT2D eigenvalue weighted by molar-refractivity contribution is 0.0793. The molecule has 0 atom stereocenters. The second-order valence-corrected chi connectivity index (χ2v) is 6.82. The topological polar surface area (TPSA) is 75.9 Å². The van der Waals surface area contributed by atoms with Crippen LogP contribution in [0.4, 0.5) is 5.69 Å². The van der Waals surface area contributed by atoms with E-state index in [1.807, 2.05) is 35.2 Å². The van der Waals surface area contributed by atoms with Gasteiger partial charge in [0.1, 0.15) is 0 Å². The number of carbonyl (C=O) groups excluding carboxylic acids is 1. The van der Waals surface area contributed by atoms with E-state index in [0.29, 0.717) is 28.6 Å². The number of amides is 1. The van der Waals surface area contributed by atoms with Crippen LogP contribution in [0.3, 0.4) is 0 Å². The standard InChI is InChI=1S/C19H19ClN6O/c20-14-8-9-16(19(27)25-10-4-5-11-25)17(12-14)21-13-18-22-23-24-26(18)15-6-2-1-3-7-15/h1-3,6-9,12,21H,4-5,10-11,13H2. The maximum atomic E-state index is 12.8. The summed E-state index contributed by atoms with van der Waals surface area (Å²) in [7, 11) is 0. The summed E-state index contributed by atoms with van der Waals surface area (Å²) in [4.78, 5) is 14.7. The summed E-state index contributed by atoms with van der Waals surface area (Å²) in [5.74, 6) is 0.662. The first-order valence-corrected chi connectivity index (χ1v) is 9.25. The number of nitrogens with one attached hydrogen (secondary N) is 1. The molecule has 138 valence electrons. The van der Waals surface area contributed by atoms with Gasteiger partial charge in [-0.25, -0.2) is 0 Å². The highest BCUT2D eigenvalue weighted by molar-refractivity contribution is 6.31. The number of nitrogens with zero attached hydrogens (tertiary/aromatic N) is 5. The number of carbonyl (C=O) groups is 1. The Labute approximate surface area is 161 Å². The molecule has 8 heteroatoms. The van der Waals surface area contributed by atoms with Gasteiger partial charge in [0, 0.05) is 23.8 Å². The maximum absolute atomic E-state index is 12.8. The Morgan fingerprint density at radius 3 is 2.67 bits per heavy atom. The Hall–Kier alpha value is -2.93. The van der Waals surface area contributed by atoms with Crippen LogP contribution in [0.25, 0.3) is 5.69 Å². The number of benzene rings is 2. The minimum atomic E-state index is 0.0225. The van der Waals surface area contributed by atoms with E-state index in [0.717, 1.165) is 31.6 Å². The van der Waals surface area contributed by atoms with Crippen molar-refractivity contribution in [3.8, 4) is 5.69 Å². The lowest BCUT2D eigenvalue weighted by Crippen LogP contribution is -2.28. The molecule has 0 radical (unpaired) electrons. The minimum absolute atomic E-state index is 0.0225. The van der Waals surface area contributed by atoms with Crippen molar-refractivity contribution in [2.45, 2.75) is 19.4 Å². The van der Waals surface area contributed by atoms with E-state index in [1.54, 1.807) is 22.9 Å². The van der Waals surface area contributed by atoms with E-state index >= 15 is 0 Å². The van der Waals surface area contributed by atoms with Gasteiger partial charge >= 0.3 is 0 Å². The van der Waals surface area contributed by atoms with Crippen LogP contribution >= 0.6 is 11.6 Å². The normalized spacial score (nSPS) is 13.7. The predicted octanol–water partition coefficient (Wildman–Crippen LogP) is 3.16. The molecule has 0 unspecified atom stereocenters. The SMILES string of the molecule is O=C(c1ccc(Cl)cc1NCc1nnnn1-c1ccccc1)N1CCCC1. The predicted molar refractivity (Wildman–Crippen MR) is 103 cm³/mol. The van der Waals surface area contributed by atoms with Crippen molar-refractivity contribution in [1.82, 2.24) is 25.1 Å². The zero-order valence-corrected chi connectivity index (χ0v) is 15.4. The first-order valence-electron chi connectivity index (χ1n) is 8.88. The number of tetrazole rings is 1. The van der Waals surface area contributed by atoms with Crippen molar-refractivity contribution >= 4 is 23.2 Å². The summed E-state index contributed by atoms with van der Waals surface area (Å²) in [5.41, 5.74) is 2.17. The van der Waals surface area contributed by atoms with Crippen molar-refractivity contribution in [2.24, 2.45) is 0 Å². The van der Waals surface area contributed by atoms with E-state index in [-0.39, 0.29) is 5.91 Å². The molecule has 0 saturated carbocycles. The number of anilines is 1. The van der Waals surface area contributed by atoms with Crippen LogP contribution in [-0.2, 0) is 6.54 Å². The molecule has 27 heavy (non-hydrogen) atoms. The molecule has 1 aromatic heterocycles. The van der Waals surface area contributed by atoms with E-state index in [2.05, 4.69) is 20.8 Å². The quantitative estimate of drug-likeness (QED) is 0.733. The molecule has 2 heterocycles. The van der Waals surface area contributed by atoms with Gasteiger partial charge in [0.05, 0.1) is 17.8 Å². The van der Waals surface area contributed by atoms with Crippen LogP contribution in [0.15, 0.2) is 48.5 Å². The number of aromatic nitrogens is 4. The van der Waals surface area contributed by atoms with Crippen molar-refractivity contribution < 1.29 is 4.79 Å². The van der Waals surface area contributed by atoms with Gasteiger partial charge in [-0.15, -0.1) is 5.10 Å². The molecule has 1 N–H and O–H groups in total. The fourth-order valence-corrected chi connectivity index (χ4v) is 3.37. The molecule has 3 aromatic rings. The molecule has 1 saturated heterocycles. The van der Waals surface area contributed by atoms with Crippen molar-refractivity contribution in [3.63, 3.8) is 0 Å².